The Bertz CT molecular complexity index is 250. The monoisotopic (exact) mass is 242 g/mol. The Kier molecular flexibility index (Phi) is 6.62. The van der Waals surface area contributed by atoms with Crippen molar-refractivity contribution in [2.75, 3.05) is 32.8 Å². The number of carbonyl (C=O) groups is 2. The van der Waals surface area contributed by atoms with Crippen molar-refractivity contribution in [3.63, 3.8) is 0 Å². The van der Waals surface area contributed by atoms with Gasteiger partial charge in [0.05, 0.1) is 6.61 Å². The summed E-state index contributed by atoms with van der Waals surface area (Å²) in [7, 11) is 0. The van der Waals surface area contributed by atoms with E-state index in [4.69, 9.17) is 0 Å². The molecule has 0 aromatic rings. The Morgan fingerprint density at radius 2 is 1.94 bits per heavy atom. The summed E-state index contributed by atoms with van der Waals surface area (Å²) in [4.78, 5) is 24.6. The van der Waals surface area contributed by atoms with Crippen LogP contribution in [0.15, 0.2) is 0 Å². The standard InChI is InChI=1S/C12H22N2O3/c1-2-17-12(16)11(15)13-7-3-4-8-14-9-5-6-10-14/h2-10H2,1H3,(H,13,15). The van der Waals surface area contributed by atoms with Crippen molar-refractivity contribution in [2.24, 2.45) is 0 Å². The molecule has 0 radical (unpaired) electrons. The second kappa shape index (κ2) is 8.06. The third-order valence-corrected chi connectivity index (χ3v) is 2.85. The van der Waals surface area contributed by atoms with Crippen molar-refractivity contribution in [3.05, 3.63) is 0 Å². The van der Waals surface area contributed by atoms with Crippen molar-refractivity contribution in [2.45, 2.75) is 32.6 Å². The summed E-state index contributed by atoms with van der Waals surface area (Å²) in [6.45, 7) is 5.97. The molecule has 0 aromatic carbocycles. The van der Waals surface area contributed by atoms with E-state index in [1.807, 2.05) is 0 Å². The highest BCUT2D eigenvalue weighted by atomic mass is 16.5. The van der Waals surface area contributed by atoms with Crippen LogP contribution in [0.2, 0.25) is 0 Å². The van der Waals surface area contributed by atoms with E-state index in [9.17, 15) is 9.59 Å². The molecule has 1 aliphatic rings. The number of ether oxygens (including phenoxy) is 1. The molecule has 1 heterocycles. The molecule has 0 unspecified atom stereocenters. The largest absolute Gasteiger partial charge is 0.459 e. The Morgan fingerprint density at radius 1 is 1.24 bits per heavy atom. The van der Waals surface area contributed by atoms with Crippen LogP contribution in [-0.4, -0.2) is 49.6 Å². The van der Waals surface area contributed by atoms with Gasteiger partial charge in [-0.25, -0.2) is 4.79 Å². The number of nitrogens with zero attached hydrogens (tertiary/aromatic N) is 1. The highest BCUT2D eigenvalue weighted by Gasteiger charge is 2.13. The average Bonchev–Trinajstić information content (AvgIpc) is 2.81. The number of likely N-dealkylation sites (tertiary alicyclic amines) is 1. The normalized spacial score (nSPS) is 15.8. The fraction of sp³-hybridized carbons (Fsp3) is 0.833. The molecule has 1 aliphatic heterocycles. The maximum absolute atomic E-state index is 11.2. The van der Waals surface area contributed by atoms with Crippen LogP contribution in [-0.2, 0) is 14.3 Å². The number of nitrogens with one attached hydrogen (secondary N) is 1. The van der Waals surface area contributed by atoms with Gasteiger partial charge in [-0.1, -0.05) is 0 Å². The molecular formula is C12H22N2O3. The number of unbranched alkanes of at least 4 members (excludes halogenated alkanes) is 1. The fourth-order valence-corrected chi connectivity index (χ4v) is 1.94. The fourth-order valence-electron chi connectivity index (χ4n) is 1.94. The van der Waals surface area contributed by atoms with Gasteiger partial charge < -0.3 is 15.0 Å². The molecule has 0 spiro atoms. The summed E-state index contributed by atoms with van der Waals surface area (Å²) in [6.07, 6.45) is 4.57. The number of rotatable bonds is 6. The average molecular weight is 242 g/mol. The summed E-state index contributed by atoms with van der Waals surface area (Å²) < 4.78 is 4.58. The van der Waals surface area contributed by atoms with E-state index in [1.165, 1.54) is 25.9 Å². The predicted octanol–water partition coefficient (Wildman–Crippen LogP) is 0.542. The first-order valence-corrected chi connectivity index (χ1v) is 6.41. The van der Waals surface area contributed by atoms with Gasteiger partial charge in [0.25, 0.3) is 0 Å². The van der Waals surface area contributed by atoms with Gasteiger partial charge in [0.15, 0.2) is 0 Å². The van der Waals surface area contributed by atoms with Crippen molar-refractivity contribution < 1.29 is 14.3 Å². The smallest absolute Gasteiger partial charge is 0.396 e. The van der Waals surface area contributed by atoms with Crippen LogP contribution in [0, 0.1) is 0 Å². The van der Waals surface area contributed by atoms with Crippen LogP contribution in [0.1, 0.15) is 32.6 Å². The molecule has 0 aromatic heterocycles. The van der Waals surface area contributed by atoms with Crippen molar-refractivity contribution in [3.8, 4) is 0 Å². The number of carbonyl (C=O) groups excluding carboxylic acids is 2. The van der Waals surface area contributed by atoms with Gasteiger partial charge in [-0.2, -0.15) is 0 Å². The molecule has 1 N–H and O–H groups in total. The first-order valence-electron chi connectivity index (χ1n) is 6.41. The summed E-state index contributed by atoms with van der Waals surface area (Å²) in [5.41, 5.74) is 0. The van der Waals surface area contributed by atoms with Gasteiger partial charge in [-0.15, -0.1) is 0 Å². The second-order valence-electron chi connectivity index (χ2n) is 4.23. The van der Waals surface area contributed by atoms with E-state index in [0.29, 0.717) is 6.54 Å². The minimum absolute atomic E-state index is 0.237. The van der Waals surface area contributed by atoms with Gasteiger partial charge in [-0.3, -0.25) is 4.79 Å². The van der Waals surface area contributed by atoms with E-state index in [-0.39, 0.29) is 6.61 Å². The van der Waals surface area contributed by atoms with Gasteiger partial charge in [0.1, 0.15) is 0 Å². The molecule has 5 heteroatoms. The first-order chi connectivity index (χ1) is 8.24. The molecule has 0 bridgehead atoms. The molecule has 1 fully saturated rings. The molecule has 0 aliphatic carbocycles. The molecule has 17 heavy (non-hydrogen) atoms. The van der Waals surface area contributed by atoms with Crippen molar-refractivity contribution in [1.29, 1.82) is 0 Å². The molecule has 1 saturated heterocycles. The van der Waals surface area contributed by atoms with Crippen LogP contribution in [0.25, 0.3) is 0 Å². The molecule has 1 amide bonds. The number of amides is 1. The molecular weight excluding hydrogens is 220 g/mol. The Labute approximate surface area is 102 Å². The number of hydrogen-bond acceptors (Lipinski definition) is 4. The highest BCUT2D eigenvalue weighted by Crippen LogP contribution is 2.07. The molecule has 0 atom stereocenters. The van der Waals surface area contributed by atoms with E-state index in [2.05, 4.69) is 15.0 Å². The lowest BCUT2D eigenvalue weighted by molar-refractivity contribution is -0.154. The van der Waals surface area contributed by atoms with E-state index in [0.717, 1.165) is 19.4 Å². The third-order valence-electron chi connectivity index (χ3n) is 2.85. The minimum Gasteiger partial charge on any atom is -0.459 e. The zero-order chi connectivity index (χ0) is 12.5. The quantitative estimate of drug-likeness (QED) is 0.419. The number of hydrogen-bond donors (Lipinski definition) is 1. The SMILES string of the molecule is CCOC(=O)C(=O)NCCCCN1CCCC1. The third kappa shape index (κ3) is 5.68. The van der Waals surface area contributed by atoms with Crippen LogP contribution in [0.3, 0.4) is 0 Å². The molecule has 5 nitrogen and oxygen atoms in total. The number of esters is 1. The summed E-state index contributed by atoms with van der Waals surface area (Å²) in [5.74, 6) is -1.42. The van der Waals surface area contributed by atoms with E-state index in [1.54, 1.807) is 6.92 Å². The first kappa shape index (κ1) is 14.0. The molecule has 1 rings (SSSR count). The van der Waals surface area contributed by atoms with E-state index >= 15 is 0 Å². The Balaban J connectivity index is 1.96. The topological polar surface area (TPSA) is 58.6 Å². The molecule has 98 valence electrons. The zero-order valence-electron chi connectivity index (χ0n) is 10.5. The van der Waals surface area contributed by atoms with Crippen LogP contribution < -0.4 is 5.32 Å². The lowest BCUT2D eigenvalue weighted by atomic mass is 10.3. The van der Waals surface area contributed by atoms with Gasteiger partial charge in [0, 0.05) is 6.54 Å². The Hall–Kier alpha value is -1.10. The zero-order valence-corrected chi connectivity index (χ0v) is 10.5. The summed E-state index contributed by atoms with van der Waals surface area (Å²) >= 11 is 0. The van der Waals surface area contributed by atoms with Crippen LogP contribution in [0.4, 0.5) is 0 Å². The van der Waals surface area contributed by atoms with E-state index < -0.39 is 11.9 Å². The van der Waals surface area contributed by atoms with Crippen molar-refractivity contribution >= 4 is 11.9 Å². The Morgan fingerprint density at radius 3 is 2.59 bits per heavy atom. The minimum atomic E-state index is -0.785. The predicted molar refractivity (Wildman–Crippen MR) is 64.6 cm³/mol. The lowest BCUT2D eigenvalue weighted by Gasteiger charge is -2.13. The summed E-state index contributed by atoms with van der Waals surface area (Å²) in [6, 6.07) is 0. The maximum Gasteiger partial charge on any atom is 0.396 e. The van der Waals surface area contributed by atoms with Crippen LogP contribution >= 0.6 is 0 Å². The highest BCUT2D eigenvalue weighted by molar-refractivity contribution is 6.32. The summed E-state index contributed by atoms with van der Waals surface area (Å²) in [5, 5.41) is 2.56. The van der Waals surface area contributed by atoms with Gasteiger partial charge >= 0.3 is 11.9 Å². The second-order valence-corrected chi connectivity index (χ2v) is 4.23. The lowest BCUT2D eigenvalue weighted by Crippen LogP contribution is -2.33. The maximum atomic E-state index is 11.2. The van der Waals surface area contributed by atoms with Crippen molar-refractivity contribution in [1.82, 2.24) is 10.2 Å². The molecule has 0 saturated carbocycles. The van der Waals surface area contributed by atoms with Crippen LogP contribution in [0.5, 0.6) is 0 Å². The van der Waals surface area contributed by atoms with Gasteiger partial charge in [-0.05, 0) is 52.2 Å². The van der Waals surface area contributed by atoms with Gasteiger partial charge in [0.2, 0.25) is 0 Å².